The van der Waals surface area contributed by atoms with Crippen LogP contribution in [0.2, 0.25) is 0 Å². The first-order valence-corrected chi connectivity index (χ1v) is 9.23. The van der Waals surface area contributed by atoms with E-state index in [1.807, 2.05) is 30.1 Å². The van der Waals surface area contributed by atoms with Crippen LogP contribution in [0.1, 0.15) is 46.6 Å². The van der Waals surface area contributed by atoms with Crippen molar-refractivity contribution in [2.24, 2.45) is 5.92 Å². The number of benzene rings is 1. The number of hydrogen-bond acceptors (Lipinski definition) is 4. The minimum absolute atomic E-state index is 0.0580. The minimum atomic E-state index is -0.235. The fraction of sp³-hybridized carbons (Fsp3) is 0.650. The van der Waals surface area contributed by atoms with Crippen LogP contribution >= 0.6 is 0 Å². The van der Waals surface area contributed by atoms with Crippen molar-refractivity contribution in [2.45, 2.75) is 59.6 Å². The second kappa shape index (κ2) is 10.3. The summed E-state index contributed by atoms with van der Waals surface area (Å²) in [6.07, 6.45) is 1.99. The molecule has 0 saturated carbocycles. The first-order valence-electron chi connectivity index (χ1n) is 9.23. The highest BCUT2D eigenvalue weighted by Crippen LogP contribution is 2.28. The molecule has 5 heteroatoms. The lowest BCUT2D eigenvalue weighted by atomic mass is 10.0. The molecule has 0 aromatic heterocycles. The fourth-order valence-electron chi connectivity index (χ4n) is 2.50. The number of amides is 1. The Bertz CT molecular complexity index is 546. The Morgan fingerprint density at radius 3 is 2.52 bits per heavy atom. The van der Waals surface area contributed by atoms with Crippen molar-refractivity contribution in [2.75, 3.05) is 25.1 Å². The van der Waals surface area contributed by atoms with Crippen LogP contribution in [0, 0.1) is 5.92 Å². The van der Waals surface area contributed by atoms with E-state index in [4.69, 9.17) is 4.74 Å². The number of rotatable bonds is 4. The van der Waals surface area contributed by atoms with Crippen LogP contribution in [-0.2, 0) is 11.2 Å². The van der Waals surface area contributed by atoms with E-state index in [9.17, 15) is 9.90 Å². The average molecular weight is 351 g/mol. The van der Waals surface area contributed by atoms with E-state index in [1.54, 1.807) is 0 Å². The van der Waals surface area contributed by atoms with Crippen molar-refractivity contribution in [3.8, 4) is 5.75 Å². The maximum absolute atomic E-state index is 11.9. The summed E-state index contributed by atoms with van der Waals surface area (Å²) >= 11 is 0. The molecule has 1 amide bonds. The van der Waals surface area contributed by atoms with E-state index in [1.165, 1.54) is 6.42 Å². The van der Waals surface area contributed by atoms with Crippen molar-refractivity contribution in [3.05, 3.63) is 23.8 Å². The lowest BCUT2D eigenvalue weighted by Gasteiger charge is -2.29. The molecule has 0 saturated heterocycles. The number of carbonyl (C=O) groups is 1. The summed E-state index contributed by atoms with van der Waals surface area (Å²) in [7, 11) is 1.90. The molecule has 0 fully saturated rings. The Labute approximate surface area is 152 Å². The Kier molecular flexibility index (Phi) is 8.76. The molecule has 0 radical (unpaired) electrons. The van der Waals surface area contributed by atoms with E-state index in [2.05, 4.69) is 39.9 Å². The molecule has 1 aromatic rings. The molecular weight excluding hydrogens is 316 g/mol. The third kappa shape index (κ3) is 6.58. The van der Waals surface area contributed by atoms with E-state index >= 15 is 0 Å². The monoisotopic (exact) mass is 350 g/mol. The molecule has 0 aliphatic carbocycles. The van der Waals surface area contributed by atoms with Crippen LogP contribution in [0.3, 0.4) is 0 Å². The van der Waals surface area contributed by atoms with Crippen LogP contribution in [0.4, 0.5) is 5.69 Å². The van der Waals surface area contributed by atoms with Gasteiger partial charge in [-0.2, -0.15) is 0 Å². The Balaban J connectivity index is 0.000000970. The van der Waals surface area contributed by atoms with Crippen molar-refractivity contribution in [1.29, 1.82) is 0 Å². The molecule has 2 N–H and O–H groups in total. The van der Waals surface area contributed by atoms with Gasteiger partial charge in [0.15, 0.2) is 0 Å². The van der Waals surface area contributed by atoms with Gasteiger partial charge in [0.05, 0.1) is 25.3 Å². The van der Waals surface area contributed by atoms with Crippen molar-refractivity contribution in [3.63, 3.8) is 0 Å². The fourth-order valence-corrected chi connectivity index (χ4v) is 2.50. The Morgan fingerprint density at radius 2 is 1.96 bits per heavy atom. The summed E-state index contributed by atoms with van der Waals surface area (Å²) in [5.41, 5.74) is 2.09. The molecule has 0 bridgehead atoms. The topological polar surface area (TPSA) is 61.8 Å². The largest absolute Gasteiger partial charge is 0.490 e. The van der Waals surface area contributed by atoms with Crippen LogP contribution in [0.5, 0.6) is 5.75 Å². The summed E-state index contributed by atoms with van der Waals surface area (Å²) in [6.45, 7) is 10.8. The van der Waals surface area contributed by atoms with Gasteiger partial charge in [0.1, 0.15) is 5.75 Å². The van der Waals surface area contributed by atoms with Gasteiger partial charge in [-0.05, 0) is 30.9 Å². The number of nitrogens with one attached hydrogen (secondary N) is 1. The molecule has 1 aliphatic heterocycles. The zero-order valence-electron chi connectivity index (χ0n) is 16.5. The van der Waals surface area contributed by atoms with Gasteiger partial charge in [-0.3, -0.25) is 4.79 Å². The molecule has 25 heavy (non-hydrogen) atoms. The lowest BCUT2D eigenvalue weighted by Crippen LogP contribution is -2.46. The maximum atomic E-state index is 11.9. The van der Waals surface area contributed by atoms with Gasteiger partial charge in [-0.25, -0.2) is 0 Å². The number of nitrogens with zero attached hydrogens (tertiary/aromatic N) is 1. The molecule has 5 nitrogen and oxygen atoms in total. The van der Waals surface area contributed by atoms with Crippen LogP contribution in [-0.4, -0.2) is 43.4 Å². The normalized spacial score (nSPS) is 18.3. The predicted molar refractivity (Wildman–Crippen MR) is 103 cm³/mol. The zero-order chi connectivity index (χ0) is 19.0. The molecule has 2 atom stereocenters. The first-order chi connectivity index (χ1) is 11.8. The van der Waals surface area contributed by atoms with Crippen molar-refractivity contribution < 1.29 is 14.6 Å². The molecule has 1 aliphatic rings. The van der Waals surface area contributed by atoms with Crippen LogP contribution < -0.4 is 15.0 Å². The van der Waals surface area contributed by atoms with Gasteiger partial charge >= 0.3 is 0 Å². The molecule has 0 spiro atoms. The van der Waals surface area contributed by atoms with Crippen LogP contribution in [0.15, 0.2) is 18.2 Å². The van der Waals surface area contributed by atoms with Gasteiger partial charge in [0.2, 0.25) is 5.91 Å². The van der Waals surface area contributed by atoms with E-state index < -0.39 is 0 Å². The van der Waals surface area contributed by atoms with Gasteiger partial charge in [0, 0.05) is 18.8 Å². The smallest absolute Gasteiger partial charge is 0.239 e. The number of fused-ring (bicyclic) bond motifs is 1. The van der Waals surface area contributed by atoms with Crippen molar-refractivity contribution >= 4 is 11.6 Å². The summed E-state index contributed by atoms with van der Waals surface area (Å²) in [5.74, 6) is 1.17. The number of aliphatic hydroxyl groups is 1. The zero-order valence-corrected chi connectivity index (χ0v) is 16.5. The number of aliphatic hydroxyl groups excluding tert-OH is 1. The molecule has 142 valence electrons. The molecule has 1 aromatic carbocycles. The van der Waals surface area contributed by atoms with Gasteiger partial charge in [0.25, 0.3) is 0 Å². The van der Waals surface area contributed by atoms with Gasteiger partial charge in [-0.15, -0.1) is 0 Å². The van der Waals surface area contributed by atoms with Crippen molar-refractivity contribution in [1.82, 2.24) is 5.32 Å². The van der Waals surface area contributed by atoms with E-state index in [0.717, 1.165) is 17.0 Å². The number of carbonyl (C=O) groups excluding carboxylic acids is 1. The highest BCUT2D eigenvalue weighted by atomic mass is 16.5. The first kappa shape index (κ1) is 21.3. The number of ether oxygens (including phenoxy) is 1. The molecule has 2 rings (SSSR count). The number of likely N-dealkylation sites (N-methyl/N-ethyl adjacent to an activating group) is 1. The number of hydrogen-bond donors (Lipinski definition) is 2. The highest BCUT2D eigenvalue weighted by molar-refractivity contribution is 5.82. The SMILES string of the molecule is CC(C)C(C)Oc1ccc2c(c1)N(C)CC(=O)NC(CO)C2.CCC. The second-order valence-electron chi connectivity index (χ2n) is 7.07. The standard InChI is InChI=1S/C17H26N2O3.C3H8/c1-11(2)12(3)22-15-6-5-13-7-14(10-20)18-17(21)9-19(4)16(13)8-15;1-3-2/h5-6,8,11-12,14,20H,7,9-10H2,1-4H3,(H,18,21);3H2,1-2H3. The molecule has 2 unspecified atom stereocenters. The number of anilines is 1. The average Bonchev–Trinajstić information content (AvgIpc) is 2.54. The summed E-state index contributed by atoms with van der Waals surface area (Å²) in [6, 6.07) is 5.74. The minimum Gasteiger partial charge on any atom is -0.490 e. The van der Waals surface area contributed by atoms with E-state index in [-0.39, 0.29) is 31.2 Å². The maximum Gasteiger partial charge on any atom is 0.239 e. The molecular formula is C20H34N2O3. The summed E-state index contributed by atoms with van der Waals surface area (Å²) in [5, 5.41) is 12.2. The second-order valence-corrected chi connectivity index (χ2v) is 7.07. The Morgan fingerprint density at radius 1 is 1.32 bits per heavy atom. The predicted octanol–water partition coefficient (Wildman–Crippen LogP) is 3.00. The highest BCUT2D eigenvalue weighted by Gasteiger charge is 2.22. The van der Waals surface area contributed by atoms with Gasteiger partial charge < -0.3 is 20.1 Å². The van der Waals surface area contributed by atoms with Gasteiger partial charge in [-0.1, -0.05) is 40.2 Å². The summed E-state index contributed by atoms with van der Waals surface area (Å²) in [4.78, 5) is 13.8. The summed E-state index contributed by atoms with van der Waals surface area (Å²) < 4.78 is 5.97. The quantitative estimate of drug-likeness (QED) is 0.876. The van der Waals surface area contributed by atoms with Crippen LogP contribution in [0.25, 0.3) is 0 Å². The third-order valence-electron chi connectivity index (χ3n) is 4.16. The Hall–Kier alpha value is -1.75. The molecule has 1 heterocycles. The van der Waals surface area contributed by atoms with E-state index in [0.29, 0.717) is 12.3 Å². The third-order valence-corrected chi connectivity index (χ3v) is 4.16. The lowest BCUT2D eigenvalue weighted by molar-refractivity contribution is -0.120.